The molecule has 3 aromatic rings. The van der Waals surface area contributed by atoms with E-state index in [0.717, 1.165) is 48.3 Å². The van der Waals surface area contributed by atoms with Crippen molar-refractivity contribution in [3.8, 4) is 0 Å². The van der Waals surface area contributed by atoms with E-state index in [-0.39, 0.29) is 0 Å². The van der Waals surface area contributed by atoms with E-state index >= 15 is 0 Å². The largest absolute Gasteiger partial charge is 0.294 e. The van der Waals surface area contributed by atoms with Crippen molar-refractivity contribution in [1.29, 1.82) is 0 Å². The van der Waals surface area contributed by atoms with Crippen molar-refractivity contribution in [3.63, 3.8) is 0 Å². The van der Waals surface area contributed by atoms with Gasteiger partial charge in [0.05, 0.1) is 5.52 Å². The van der Waals surface area contributed by atoms with Gasteiger partial charge in [0.1, 0.15) is 11.0 Å². The highest BCUT2D eigenvalue weighted by atomic mass is 35.5. The maximum Gasteiger partial charge on any atom is 0.134 e. The normalized spacial score (nSPS) is 17.6. The zero-order valence-corrected chi connectivity index (χ0v) is 14.7. The van der Waals surface area contributed by atoms with Gasteiger partial charge in [-0.3, -0.25) is 4.90 Å². The minimum Gasteiger partial charge on any atom is -0.294 e. The van der Waals surface area contributed by atoms with Crippen LogP contribution in [0.15, 0.2) is 36.5 Å². The molecule has 0 amide bonds. The molecular formula is C20H19ClN4. The summed E-state index contributed by atoms with van der Waals surface area (Å²) in [6.07, 6.45) is 5.51. The maximum absolute atomic E-state index is 6.42. The van der Waals surface area contributed by atoms with Crippen LogP contribution in [0.4, 0.5) is 0 Å². The number of halogens is 1. The lowest BCUT2D eigenvalue weighted by Crippen LogP contribution is -2.31. The molecule has 0 saturated heterocycles. The summed E-state index contributed by atoms with van der Waals surface area (Å²) in [6.45, 7) is 2.68. The van der Waals surface area contributed by atoms with Crippen LogP contribution < -0.4 is 0 Å². The molecule has 1 aliphatic carbocycles. The average Bonchev–Trinajstić information content (AvgIpc) is 3.47. The van der Waals surface area contributed by atoms with Gasteiger partial charge in [0, 0.05) is 60.4 Å². The Morgan fingerprint density at radius 3 is 2.92 bits per heavy atom. The number of fused-ring (bicyclic) bond motifs is 2. The summed E-state index contributed by atoms with van der Waals surface area (Å²) in [6, 6.07) is 10.3. The van der Waals surface area contributed by atoms with Crippen LogP contribution in [-0.4, -0.2) is 26.4 Å². The zero-order chi connectivity index (χ0) is 16.8. The molecule has 3 heterocycles. The quantitative estimate of drug-likeness (QED) is 0.666. The number of hydrogen-bond acceptors (Lipinski definition) is 4. The van der Waals surface area contributed by atoms with E-state index in [1.807, 2.05) is 24.4 Å². The Kier molecular flexibility index (Phi) is 3.68. The molecule has 0 N–H and O–H groups in total. The fourth-order valence-corrected chi connectivity index (χ4v) is 3.76. The SMILES string of the molecule is Clc1nc2ccccc2cc1CN1CCc2nc(C3CC3)ncc2C1. The Labute approximate surface area is 151 Å². The van der Waals surface area contributed by atoms with E-state index in [2.05, 4.69) is 27.0 Å². The molecule has 0 bridgehead atoms. The molecule has 126 valence electrons. The minimum atomic E-state index is 0.602. The number of benzene rings is 1. The molecule has 0 radical (unpaired) electrons. The summed E-state index contributed by atoms with van der Waals surface area (Å²) < 4.78 is 0. The number of pyridine rings is 1. The molecule has 0 atom stereocenters. The molecule has 1 fully saturated rings. The summed E-state index contributed by atoms with van der Waals surface area (Å²) in [5.74, 6) is 1.67. The molecule has 5 heteroatoms. The third kappa shape index (κ3) is 3.00. The topological polar surface area (TPSA) is 41.9 Å². The van der Waals surface area contributed by atoms with Gasteiger partial charge in [-0.1, -0.05) is 29.8 Å². The molecule has 2 aliphatic rings. The number of hydrogen-bond donors (Lipinski definition) is 0. The molecule has 1 saturated carbocycles. The first-order chi connectivity index (χ1) is 12.3. The van der Waals surface area contributed by atoms with Crippen molar-refractivity contribution in [2.45, 2.75) is 38.3 Å². The van der Waals surface area contributed by atoms with Crippen molar-refractivity contribution < 1.29 is 0 Å². The monoisotopic (exact) mass is 350 g/mol. The fourth-order valence-electron chi connectivity index (χ4n) is 3.55. The second-order valence-electron chi connectivity index (χ2n) is 7.07. The van der Waals surface area contributed by atoms with E-state index < -0.39 is 0 Å². The van der Waals surface area contributed by atoms with Crippen LogP contribution in [-0.2, 0) is 19.5 Å². The molecule has 5 rings (SSSR count). The number of rotatable bonds is 3. The Bertz CT molecular complexity index is 952. The van der Waals surface area contributed by atoms with E-state index in [9.17, 15) is 0 Å². The first kappa shape index (κ1) is 15.2. The Morgan fingerprint density at radius 1 is 1.16 bits per heavy atom. The van der Waals surface area contributed by atoms with Crippen LogP contribution >= 0.6 is 11.6 Å². The van der Waals surface area contributed by atoms with Crippen molar-refractivity contribution in [3.05, 3.63) is 64.3 Å². The molecule has 25 heavy (non-hydrogen) atoms. The summed E-state index contributed by atoms with van der Waals surface area (Å²) in [7, 11) is 0. The van der Waals surface area contributed by atoms with Crippen LogP contribution in [0.1, 0.15) is 41.4 Å². The van der Waals surface area contributed by atoms with Crippen molar-refractivity contribution in [2.24, 2.45) is 0 Å². The van der Waals surface area contributed by atoms with Crippen LogP contribution in [0.25, 0.3) is 10.9 Å². The van der Waals surface area contributed by atoms with E-state index in [0.29, 0.717) is 11.1 Å². The lowest BCUT2D eigenvalue weighted by Gasteiger charge is -2.28. The smallest absolute Gasteiger partial charge is 0.134 e. The second-order valence-corrected chi connectivity index (χ2v) is 7.42. The molecule has 4 nitrogen and oxygen atoms in total. The van der Waals surface area contributed by atoms with Crippen LogP contribution in [0.2, 0.25) is 5.15 Å². The second kappa shape index (κ2) is 6.04. The average molecular weight is 351 g/mol. The zero-order valence-electron chi connectivity index (χ0n) is 14.0. The number of aromatic nitrogens is 3. The third-order valence-electron chi connectivity index (χ3n) is 5.12. The van der Waals surface area contributed by atoms with Crippen LogP contribution in [0, 0.1) is 0 Å². The lowest BCUT2D eigenvalue weighted by atomic mass is 10.1. The van der Waals surface area contributed by atoms with Gasteiger partial charge < -0.3 is 0 Å². The van der Waals surface area contributed by atoms with Gasteiger partial charge in [0.15, 0.2) is 0 Å². The highest BCUT2D eigenvalue weighted by Crippen LogP contribution is 2.38. The predicted octanol–water partition coefficient (Wildman–Crippen LogP) is 4.11. The predicted molar refractivity (Wildman–Crippen MR) is 98.6 cm³/mol. The first-order valence-electron chi connectivity index (χ1n) is 8.87. The van der Waals surface area contributed by atoms with Gasteiger partial charge in [-0.25, -0.2) is 15.0 Å². The van der Waals surface area contributed by atoms with Crippen LogP contribution in [0.3, 0.4) is 0 Å². The fraction of sp³-hybridized carbons (Fsp3) is 0.350. The minimum absolute atomic E-state index is 0.602. The maximum atomic E-state index is 6.42. The molecule has 0 unspecified atom stereocenters. The van der Waals surface area contributed by atoms with Crippen LogP contribution in [0.5, 0.6) is 0 Å². The van der Waals surface area contributed by atoms with Crippen molar-refractivity contribution in [1.82, 2.24) is 19.9 Å². The molecule has 0 spiro atoms. The van der Waals surface area contributed by atoms with Gasteiger partial charge in [0.2, 0.25) is 0 Å². The van der Waals surface area contributed by atoms with Crippen molar-refractivity contribution >= 4 is 22.5 Å². The molecule has 1 aromatic carbocycles. The lowest BCUT2D eigenvalue weighted by molar-refractivity contribution is 0.242. The number of nitrogens with zero attached hydrogens (tertiary/aromatic N) is 4. The van der Waals surface area contributed by atoms with Gasteiger partial charge >= 0.3 is 0 Å². The summed E-state index contributed by atoms with van der Waals surface area (Å²) >= 11 is 6.42. The summed E-state index contributed by atoms with van der Waals surface area (Å²) in [5.41, 5.74) is 4.51. The summed E-state index contributed by atoms with van der Waals surface area (Å²) in [4.78, 5) is 16.3. The molecular weight excluding hydrogens is 332 g/mol. The number of para-hydroxylation sites is 1. The van der Waals surface area contributed by atoms with Gasteiger partial charge in [-0.15, -0.1) is 0 Å². The Hall–Kier alpha value is -2.04. The van der Waals surface area contributed by atoms with Crippen molar-refractivity contribution in [2.75, 3.05) is 6.54 Å². The van der Waals surface area contributed by atoms with E-state index in [1.54, 1.807) is 0 Å². The van der Waals surface area contributed by atoms with E-state index in [4.69, 9.17) is 16.6 Å². The first-order valence-corrected chi connectivity index (χ1v) is 9.25. The standard InChI is InChI=1S/C20H19ClN4/c21-19-15(9-14-3-1-2-4-17(14)23-19)11-25-8-7-18-16(12-25)10-22-20(24-18)13-5-6-13/h1-4,9-10,13H,5-8,11-12H2. The Morgan fingerprint density at radius 2 is 2.04 bits per heavy atom. The van der Waals surface area contributed by atoms with Gasteiger partial charge in [-0.05, 0) is 25.0 Å². The highest BCUT2D eigenvalue weighted by Gasteiger charge is 2.28. The highest BCUT2D eigenvalue weighted by molar-refractivity contribution is 6.30. The van der Waals surface area contributed by atoms with Gasteiger partial charge in [-0.2, -0.15) is 0 Å². The molecule has 1 aliphatic heterocycles. The Balaban J connectivity index is 1.37. The third-order valence-corrected chi connectivity index (χ3v) is 5.45. The van der Waals surface area contributed by atoms with Gasteiger partial charge in [0.25, 0.3) is 0 Å². The molecule has 2 aromatic heterocycles. The van der Waals surface area contributed by atoms with E-state index in [1.165, 1.54) is 24.1 Å². The summed E-state index contributed by atoms with van der Waals surface area (Å²) in [5, 5.41) is 1.74.